The van der Waals surface area contributed by atoms with E-state index in [4.69, 9.17) is 0 Å². The summed E-state index contributed by atoms with van der Waals surface area (Å²) in [6.07, 6.45) is 0. The van der Waals surface area contributed by atoms with Gasteiger partial charge in [-0.3, -0.25) is 9.59 Å². The number of benzene rings is 1. The molecule has 0 aromatic heterocycles. The lowest BCUT2D eigenvalue weighted by molar-refractivity contribution is -0.632. The molecular weight excluding hydrogens is 230 g/mol. The second kappa shape index (κ2) is 6.76. The number of likely N-dealkylation sites (N-methyl/N-ethyl adjacent to an activating group) is 1. The summed E-state index contributed by atoms with van der Waals surface area (Å²) in [5, 5.41) is 6.98. The lowest BCUT2D eigenvalue weighted by Crippen LogP contribution is -2.88. The first kappa shape index (κ1) is 14.2. The minimum atomic E-state index is -0.107. The maximum absolute atomic E-state index is 11.6. The maximum atomic E-state index is 11.6. The fourth-order valence-electron chi connectivity index (χ4n) is 1.70. The van der Waals surface area contributed by atoms with Crippen LogP contribution in [0.4, 0.5) is 5.69 Å². The van der Waals surface area contributed by atoms with Crippen LogP contribution in [0.15, 0.2) is 18.2 Å². The largest absolute Gasteiger partial charge is 0.354 e. The van der Waals surface area contributed by atoms with E-state index in [1.807, 2.05) is 32.0 Å². The third-order valence-corrected chi connectivity index (χ3v) is 2.44. The molecule has 1 aromatic carbocycles. The van der Waals surface area contributed by atoms with Crippen LogP contribution in [-0.4, -0.2) is 32.0 Å². The molecule has 0 aliphatic rings. The minimum absolute atomic E-state index is 0.0887. The summed E-state index contributed by atoms with van der Waals surface area (Å²) >= 11 is 0. The first-order valence-electron chi connectivity index (χ1n) is 5.91. The zero-order valence-electron chi connectivity index (χ0n) is 11.0. The van der Waals surface area contributed by atoms with Crippen LogP contribution in [0.5, 0.6) is 0 Å². The maximum Gasteiger partial charge on any atom is 0.279 e. The van der Waals surface area contributed by atoms with E-state index in [1.165, 1.54) is 0 Å². The van der Waals surface area contributed by atoms with Gasteiger partial charge in [0.25, 0.3) is 11.8 Å². The van der Waals surface area contributed by atoms with E-state index < -0.39 is 0 Å². The molecule has 0 bridgehead atoms. The van der Waals surface area contributed by atoms with Gasteiger partial charge in [-0.2, -0.15) is 0 Å². The van der Waals surface area contributed by atoms with Crippen molar-refractivity contribution in [3.05, 3.63) is 29.3 Å². The van der Waals surface area contributed by atoms with Crippen molar-refractivity contribution in [2.24, 2.45) is 0 Å². The molecule has 5 nitrogen and oxygen atoms in total. The molecule has 5 heteroatoms. The van der Waals surface area contributed by atoms with Crippen molar-refractivity contribution in [1.29, 1.82) is 0 Å². The highest BCUT2D eigenvalue weighted by molar-refractivity contribution is 5.91. The molecule has 4 N–H and O–H groups in total. The molecule has 0 heterocycles. The van der Waals surface area contributed by atoms with E-state index in [0.29, 0.717) is 0 Å². The number of quaternary nitrogens is 1. The number of carbonyl (C=O) groups is 2. The minimum Gasteiger partial charge on any atom is -0.354 e. The van der Waals surface area contributed by atoms with Crippen LogP contribution in [0.25, 0.3) is 0 Å². The fourth-order valence-corrected chi connectivity index (χ4v) is 1.70. The fraction of sp³-hybridized carbons (Fsp3) is 0.385. The van der Waals surface area contributed by atoms with Gasteiger partial charge in [-0.1, -0.05) is 6.07 Å². The average Bonchev–Trinajstić information content (AvgIpc) is 2.27. The number of rotatable bonds is 5. The Bertz CT molecular complexity index is 424. The van der Waals surface area contributed by atoms with Gasteiger partial charge in [0.2, 0.25) is 0 Å². The third-order valence-electron chi connectivity index (χ3n) is 2.44. The van der Waals surface area contributed by atoms with Crippen molar-refractivity contribution >= 4 is 17.5 Å². The Kier molecular flexibility index (Phi) is 5.32. The summed E-state index contributed by atoms with van der Waals surface area (Å²) in [5.74, 6) is -0.196. The topological polar surface area (TPSA) is 74.8 Å². The molecule has 0 saturated carbocycles. The highest BCUT2D eigenvalue weighted by Crippen LogP contribution is 2.13. The molecule has 98 valence electrons. The number of anilines is 1. The number of amides is 2. The summed E-state index contributed by atoms with van der Waals surface area (Å²) in [5.41, 5.74) is 3.02. The summed E-state index contributed by atoms with van der Waals surface area (Å²) in [7, 11) is 1.58. The number of nitrogens with two attached hydrogens (primary N) is 1. The number of hydrogen-bond acceptors (Lipinski definition) is 2. The standard InChI is InChI=1S/C13H19N3O2/c1-9-4-10(2)6-11(5-9)16-13(18)8-15-7-12(17)14-3/h4-6,15H,7-8H2,1-3H3,(H,14,17)(H,16,18)/p+1. The van der Waals surface area contributed by atoms with Crippen molar-refractivity contribution in [1.82, 2.24) is 5.32 Å². The molecule has 1 aromatic rings. The van der Waals surface area contributed by atoms with Crippen molar-refractivity contribution in [3.63, 3.8) is 0 Å². The van der Waals surface area contributed by atoms with Crippen molar-refractivity contribution in [2.45, 2.75) is 13.8 Å². The summed E-state index contributed by atoms with van der Waals surface area (Å²) in [6, 6.07) is 5.89. The van der Waals surface area contributed by atoms with Gasteiger partial charge in [0, 0.05) is 12.7 Å². The predicted molar refractivity (Wildman–Crippen MR) is 70.3 cm³/mol. The monoisotopic (exact) mass is 250 g/mol. The van der Waals surface area contributed by atoms with E-state index in [9.17, 15) is 9.59 Å². The van der Waals surface area contributed by atoms with E-state index >= 15 is 0 Å². The Hall–Kier alpha value is -1.88. The Morgan fingerprint density at radius 3 is 2.17 bits per heavy atom. The number of carbonyl (C=O) groups excluding carboxylic acids is 2. The van der Waals surface area contributed by atoms with E-state index in [1.54, 1.807) is 12.4 Å². The molecule has 0 aliphatic carbocycles. The molecule has 0 aliphatic heterocycles. The Morgan fingerprint density at radius 2 is 1.61 bits per heavy atom. The second-order valence-electron chi connectivity index (χ2n) is 4.29. The SMILES string of the molecule is CNC(=O)C[NH2+]CC(=O)Nc1cc(C)cc(C)c1. The average molecular weight is 250 g/mol. The zero-order chi connectivity index (χ0) is 13.5. The molecule has 1 rings (SSSR count). The molecule has 0 unspecified atom stereocenters. The summed E-state index contributed by atoms with van der Waals surface area (Å²) in [6.45, 7) is 4.47. The zero-order valence-corrected chi connectivity index (χ0v) is 11.0. The van der Waals surface area contributed by atoms with Crippen molar-refractivity contribution in [3.8, 4) is 0 Å². The lowest BCUT2D eigenvalue weighted by atomic mass is 10.1. The van der Waals surface area contributed by atoms with Crippen LogP contribution in [0.3, 0.4) is 0 Å². The molecule has 0 spiro atoms. The summed E-state index contributed by atoms with van der Waals surface area (Å²) in [4.78, 5) is 22.6. The van der Waals surface area contributed by atoms with Gasteiger partial charge in [-0.25, -0.2) is 0 Å². The van der Waals surface area contributed by atoms with E-state index in [-0.39, 0.29) is 24.9 Å². The van der Waals surface area contributed by atoms with Gasteiger partial charge in [0.05, 0.1) is 0 Å². The van der Waals surface area contributed by atoms with Gasteiger partial charge in [0.1, 0.15) is 0 Å². The Labute approximate surface area is 107 Å². The Balaban J connectivity index is 2.42. The van der Waals surface area contributed by atoms with Crippen LogP contribution in [0.2, 0.25) is 0 Å². The van der Waals surface area contributed by atoms with Crippen LogP contribution < -0.4 is 16.0 Å². The van der Waals surface area contributed by atoms with Crippen molar-refractivity contribution < 1.29 is 14.9 Å². The van der Waals surface area contributed by atoms with Crippen LogP contribution in [0.1, 0.15) is 11.1 Å². The quantitative estimate of drug-likeness (QED) is 0.662. The first-order valence-corrected chi connectivity index (χ1v) is 5.91. The van der Waals surface area contributed by atoms with Crippen molar-refractivity contribution in [2.75, 3.05) is 25.5 Å². The first-order chi connectivity index (χ1) is 8.51. The number of nitrogens with one attached hydrogen (secondary N) is 2. The van der Waals surface area contributed by atoms with Crippen LogP contribution in [0, 0.1) is 13.8 Å². The molecular formula is C13H20N3O2+. The molecule has 2 amide bonds. The lowest BCUT2D eigenvalue weighted by Gasteiger charge is -2.06. The van der Waals surface area contributed by atoms with Crippen LogP contribution >= 0.6 is 0 Å². The second-order valence-corrected chi connectivity index (χ2v) is 4.29. The molecule has 0 atom stereocenters. The molecule has 18 heavy (non-hydrogen) atoms. The van der Waals surface area contributed by atoms with Crippen LogP contribution in [-0.2, 0) is 9.59 Å². The Morgan fingerprint density at radius 1 is 1.06 bits per heavy atom. The van der Waals surface area contributed by atoms with Gasteiger partial charge < -0.3 is 16.0 Å². The van der Waals surface area contributed by atoms with E-state index in [2.05, 4.69) is 10.6 Å². The number of hydrogen-bond donors (Lipinski definition) is 3. The van der Waals surface area contributed by atoms with Gasteiger partial charge in [-0.15, -0.1) is 0 Å². The third kappa shape index (κ3) is 4.97. The summed E-state index contributed by atoms with van der Waals surface area (Å²) < 4.78 is 0. The highest BCUT2D eigenvalue weighted by Gasteiger charge is 2.07. The van der Waals surface area contributed by atoms with Gasteiger partial charge in [0.15, 0.2) is 13.1 Å². The normalized spacial score (nSPS) is 9.94. The van der Waals surface area contributed by atoms with E-state index in [0.717, 1.165) is 16.8 Å². The highest BCUT2D eigenvalue weighted by atomic mass is 16.2. The van der Waals surface area contributed by atoms with Gasteiger partial charge >= 0.3 is 0 Å². The predicted octanol–water partition coefficient (Wildman–Crippen LogP) is -0.449. The molecule has 0 fully saturated rings. The number of aryl methyl sites for hydroxylation is 2. The molecule has 0 radical (unpaired) electrons. The van der Waals surface area contributed by atoms with Gasteiger partial charge in [-0.05, 0) is 37.1 Å². The molecule has 0 saturated heterocycles. The smallest absolute Gasteiger partial charge is 0.279 e.